The van der Waals surface area contributed by atoms with Crippen molar-refractivity contribution in [3.05, 3.63) is 28.2 Å². The van der Waals surface area contributed by atoms with Crippen LogP contribution in [0.2, 0.25) is 0 Å². The van der Waals surface area contributed by atoms with Crippen molar-refractivity contribution >= 4 is 33.4 Å². The molecule has 2 amide bonds. The molecule has 2 N–H and O–H groups in total. The largest absolute Gasteiger partial charge is 0.405 e. The van der Waals surface area contributed by atoms with Gasteiger partial charge in [-0.05, 0) is 37.7 Å². The fraction of sp³-hybridized carbons (Fsp3) is 0.429. The summed E-state index contributed by atoms with van der Waals surface area (Å²) < 4.78 is 36.8. The van der Waals surface area contributed by atoms with Gasteiger partial charge in [0.15, 0.2) is 0 Å². The Hall–Kier alpha value is -1.61. The third kappa shape index (κ3) is 7.98. The van der Waals surface area contributed by atoms with Gasteiger partial charge in [-0.2, -0.15) is 13.2 Å². The molecule has 0 aliphatic carbocycles. The van der Waals surface area contributed by atoms with Crippen molar-refractivity contribution in [2.24, 2.45) is 0 Å². The molecule has 23 heavy (non-hydrogen) atoms. The number of likely N-dealkylation sites (N-methyl/N-ethyl adjacent to an activating group) is 1. The molecule has 0 atom stereocenters. The summed E-state index contributed by atoms with van der Waals surface area (Å²) in [7, 11) is 1.47. The minimum atomic E-state index is -4.45. The van der Waals surface area contributed by atoms with E-state index in [1.54, 1.807) is 17.4 Å². The van der Waals surface area contributed by atoms with Crippen molar-refractivity contribution in [3.8, 4) is 0 Å². The second kappa shape index (κ2) is 8.30. The number of carbonyl (C=O) groups excluding carboxylic acids is 2. The van der Waals surface area contributed by atoms with Gasteiger partial charge in [0.25, 0.3) is 0 Å². The molecule has 0 heterocycles. The maximum absolute atomic E-state index is 12.0. The number of aryl methyl sites for hydroxylation is 1. The summed E-state index contributed by atoms with van der Waals surface area (Å²) in [5.41, 5.74) is 1.49. The van der Waals surface area contributed by atoms with Crippen molar-refractivity contribution in [1.29, 1.82) is 0 Å². The van der Waals surface area contributed by atoms with E-state index in [1.807, 2.05) is 13.0 Å². The number of nitrogens with zero attached hydrogens (tertiary/aromatic N) is 1. The van der Waals surface area contributed by atoms with E-state index in [2.05, 4.69) is 21.2 Å². The Kier molecular flexibility index (Phi) is 7.01. The number of carbonyl (C=O) groups is 2. The Morgan fingerprint density at radius 3 is 2.39 bits per heavy atom. The molecule has 0 bridgehead atoms. The van der Waals surface area contributed by atoms with Crippen molar-refractivity contribution < 1.29 is 22.8 Å². The van der Waals surface area contributed by atoms with Gasteiger partial charge in [0.05, 0.1) is 13.1 Å². The summed E-state index contributed by atoms with van der Waals surface area (Å²) in [6.45, 7) is 0.0242. The van der Waals surface area contributed by atoms with Crippen molar-refractivity contribution in [2.45, 2.75) is 13.1 Å². The number of hydrogen-bond acceptors (Lipinski definition) is 3. The van der Waals surface area contributed by atoms with E-state index < -0.39 is 18.6 Å². The molecule has 0 aliphatic rings. The third-order valence-electron chi connectivity index (χ3n) is 2.78. The van der Waals surface area contributed by atoms with Gasteiger partial charge in [-0.3, -0.25) is 14.5 Å². The Balaban J connectivity index is 2.43. The molecule has 0 fully saturated rings. The maximum Gasteiger partial charge on any atom is 0.405 e. The summed E-state index contributed by atoms with van der Waals surface area (Å²) in [4.78, 5) is 24.6. The van der Waals surface area contributed by atoms with Crippen LogP contribution in [-0.2, 0) is 9.59 Å². The van der Waals surface area contributed by atoms with Gasteiger partial charge in [-0.15, -0.1) is 0 Å². The molecule has 0 radical (unpaired) electrons. The van der Waals surface area contributed by atoms with Crippen LogP contribution in [0.1, 0.15) is 5.56 Å². The number of halogens is 4. The fourth-order valence-electron chi connectivity index (χ4n) is 1.76. The van der Waals surface area contributed by atoms with E-state index in [4.69, 9.17) is 0 Å². The number of benzene rings is 1. The van der Waals surface area contributed by atoms with E-state index in [1.165, 1.54) is 11.9 Å². The summed E-state index contributed by atoms with van der Waals surface area (Å²) in [5.74, 6) is -1.15. The quantitative estimate of drug-likeness (QED) is 0.776. The van der Waals surface area contributed by atoms with Crippen LogP contribution in [0.5, 0.6) is 0 Å². The molecular formula is C14H17BrF3N3O2. The van der Waals surface area contributed by atoms with E-state index in [-0.39, 0.29) is 19.0 Å². The minimum absolute atomic E-state index is 0.116. The molecule has 0 unspecified atom stereocenters. The van der Waals surface area contributed by atoms with Gasteiger partial charge in [0.1, 0.15) is 6.54 Å². The van der Waals surface area contributed by atoms with Crippen LogP contribution in [0.4, 0.5) is 18.9 Å². The lowest BCUT2D eigenvalue weighted by Gasteiger charge is -2.17. The molecular weight excluding hydrogens is 379 g/mol. The van der Waals surface area contributed by atoms with Crippen LogP contribution in [0, 0.1) is 6.92 Å². The lowest BCUT2D eigenvalue weighted by atomic mass is 10.2. The highest BCUT2D eigenvalue weighted by Gasteiger charge is 2.27. The molecule has 0 spiro atoms. The number of rotatable bonds is 6. The van der Waals surface area contributed by atoms with Gasteiger partial charge in [0, 0.05) is 10.2 Å². The maximum atomic E-state index is 12.0. The molecule has 1 rings (SSSR count). The fourth-order valence-corrected chi connectivity index (χ4v) is 2.23. The van der Waals surface area contributed by atoms with Crippen LogP contribution in [0.25, 0.3) is 0 Å². The second-order valence-electron chi connectivity index (χ2n) is 5.07. The first-order valence-corrected chi connectivity index (χ1v) is 7.44. The Bertz CT molecular complexity index is 579. The molecule has 128 valence electrons. The standard InChI is InChI=1S/C14H17BrF3N3O2/c1-9-5-10(15)3-4-11(9)20-13(23)7-21(2)6-12(22)19-8-14(16,17)18/h3-5H,6-8H2,1-2H3,(H,19,22)(H,20,23). The highest BCUT2D eigenvalue weighted by atomic mass is 79.9. The first-order chi connectivity index (χ1) is 10.6. The first kappa shape index (κ1) is 19.4. The molecule has 1 aromatic carbocycles. The van der Waals surface area contributed by atoms with Gasteiger partial charge < -0.3 is 10.6 Å². The van der Waals surface area contributed by atoms with E-state index >= 15 is 0 Å². The van der Waals surface area contributed by atoms with E-state index in [9.17, 15) is 22.8 Å². The average Bonchev–Trinajstić information content (AvgIpc) is 2.38. The Labute approximate surface area is 140 Å². The number of alkyl halides is 3. The average molecular weight is 396 g/mol. The van der Waals surface area contributed by atoms with Gasteiger partial charge in [-0.1, -0.05) is 15.9 Å². The monoisotopic (exact) mass is 395 g/mol. The zero-order valence-corrected chi connectivity index (χ0v) is 14.2. The van der Waals surface area contributed by atoms with Crippen LogP contribution in [0.3, 0.4) is 0 Å². The lowest BCUT2D eigenvalue weighted by Crippen LogP contribution is -2.42. The van der Waals surface area contributed by atoms with Gasteiger partial charge in [0.2, 0.25) is 11.8 Å². The summed E-state index contributed by atoms with van der Waals surface area (Å²) in [5, 5.41) is 4.43. The summed E-state index contributed by atoms with van der Waals surface area (Å²) in [6.07, 6.45) is -4.45. The summed E-state index contributed by atoms with van der Waals surface area (Å²) in [6, 6.07) is 5.34. The van der Waals surface area contributed by atoms with E-state index in [0.717, 1.165) is 10.0 Å². The van der Waals surface area contributed by atoms with Crippen LogP contribution >= 0.6 is 15.9 Å². The van der Waals surface area contributed by atoms with E-state index in [0.29, 0.717) is 5.69 Å². The lowest BCUT2D eigenvalue weighted by molar-refractivity contribution is -0.139. The first-order valence-electron chi connectivity index (χ1n) is 6.65. The summed E-state index contributed by atoms with van der Waals surface area (Å²) >= 11 is 3.31. The number of nitrogens with one attached hydrogen (secondary N) is 2. The SMILES string of the molecule is Cc1cc(Br)ccc1NC(=O)CN(C)CC(=O)NCC(F)(F)F. The van der Waals surface area contributed by atoms with Crippen LogP contribution in [-0.4, -0.2) is 49.6 Å². The van der Waals surface area contributed by atoms with Crippen molar-refractivity contribution in [3.63, 3.8) is 0 Å². The van der Waals surface area contributed by atoms with Gasteiger partial charge in [-0.25, -0.2) is 0 Å². The Morgan fingerprint density at radius 1 is 1.22 bits per heavy atom. The zero-order chi connectivity index (χ0) is 17.6. The Morgan fingerprint density at radius 2 is 1.83 bits per heavy atom. The van der Waals surface area contributed by atoms with Crippen molar-refractivity contribution in [1.82, 2.24) is 10.2 Å². The molecule has 0 saturated carbocycles. The molecule has 9 heteroatoms. The molecule has 0 aromatic heterocycles. The normalized spacial score (nSPS) is 11.4. The zero-order valence-electron chi connectivity index (χ0n) is 12.6. The predicted octanol–water partition coefficient (Wildman–Crippen LogP) is 2.31. The highest BCUT2D eigenvalue weighted by molar-refractivity contribution is 9.10. The topological polar surface area (TPSA) is 61.4 Å². The molecule has 0 aliphatic heterocycles. The second-order valence-corrected chi connectivity index (χ2v) is 5.99. The smallest absolute Gasteiger partial charge is 0.346 e. The number of anilines is 1. The van der Waals surface area contributed by atoms with Crippen LogP contribution in [0.15, 0.2) is 22.7 Å². The van der Waals surface area contributed by atoms with Crippen molar-refractivity contribution in [2.75, 3.05) is 32.0 Å². The molecule has 0 saturated heterocycles. The molecule has 1 aromatic rings. The number of amides is 2. The third-order valence-corrected chi connectivity index (χ3v) is 3.27. The molecule has 5 nitrogen and oxygen atoms in total. The predicted molar refractivity (Wildman–Crippen MR) is 84.1 cm³/mol. The van der Waals surface area contributed by atoms with Crippen LogP contribution < -0.4 is 10.6 Å². The van der Waals surface area contributed by atoms with Gasteiger partial charge >= 0.3 is 6.18 Å². The number of hydrogen-bond donors (Lipinski definition) is 2. The highest BCUT2D eigenvalue weighted by Crippen LogP contribution is 2.19. The minimum Gasteiger partial charge on any atom is -0.346 e.